The van der Waals surface area contributed by atoms with Gasteiger partial charge in [0.1, 0.15) is 5.82 Å². The first-order valence-electron chi connectivity index (χ1n) is 7.25. The van der Waals surface area contributed by atoms with Gasteiger partial charge in [0, 0.05) is 13.1 Å². The van der Waals surface area contributed by atoms with Gasteiger partial charge < -0.3 is 20.5 Å². The van der Waals surface area contributed by atoms with Gasteiger partial charge in [-0.2, -0.15) is 4.98 Å². The van der Waals surface area contributed by atoms with Crippen molar-refractivity contribution in [2.45, 2.75) is 39.2 Å². The molecular formula is C15H25N3O2. The predicted octanol–water partition coefficient (Wildman–Crippen LogP) is 2.05. The number of aliphatic hydroxyl groups is 1. The van der Waals surface area contributed by atoms with Gasteiger partial charge in [0.15, 0.2) is 0 Å². The quantitative estimate of drug-likeness (QED) is 0.799. The lowest BCUT2D eigenvalue weighted by molar-refractivity contribution is 0.0874. The summed E-state index contributed by atoms with van der Waals surface area (Å²) in [6.07, 6.45) is 2.47. The predicted molar refractivity (Wildman–Crippen MR) is 81.1 cm³/mol. The average molecular weight is 279 g/mol. The molecule has 1 aliphatic carbocycles. The Kier molecular flexibility index (Phi) is 4.38. The highest BCUT2D eigenvalue weighted by molar-refractivity contribution is 5.54. The van der Waals surface area contributed by atoms with Gasteiger partial charge in [0.25, 0.3) is 0 Å². The SMILES string of the molecule is CCN(CC(C)(C)O)c1ccc(N)c(OCC2CC2)n1. The van der Waals surface area contributed by atoms with Crippen molar-refractivity contribution in [3.8, 4) is 5.88 Å². The van der Waals surface area contributed by atoms with E-state index in [1.54, 1.807) is 13.8 Å². The molecule has 1 fully saturated rings. The van der Waals surface area contributed by atoms with Crippen LogP contribution in [0.25, 0.3) is 0 Å². The lowest BCUT2D eigenvalue weighted by Gasteiger charge is -2.29. The molecule has 0 saturated heterocycles. The van der Waals surface area contributed by atoms with E-state index in [0.717, 1.165) is 12.4 Å². The Labute approximate surface area is 120 Å². The van der Waals surface area contributed by atoms with Gasteiger partial charge in [-0.05, 0) is 51.7 Å². The molecule has 0 aromatic carbocycles. The van der Waals surface area contributed by atoms with Crippen molar-refractivity contribution in [2.24, 2.45) is 5.92 Å². The molecule has 0 bridgehead atoms. The molecule has 5 nitrogen and oxygen atoms in total. The fraction of sp³-hybridized carbons (Fsp3) is 0.667. The molecule has 112 valence electrons. The van der Waals surface area contributed by atoms with E-state index in [2.05, 4.69) is 4.98 Å². The van der Waals surface area contributed by atoms with Crippen LogP contribution in [0.4, 0.5) is 11.5 Å². The number of aromatic nitrogens is 1. The maximum Gasteiger partial charge on any atom is 0.239 e. The number of anilines is 2. The molecule has 0 unspecified atom stereocenters. The zero-order chi connectivity index (χ0) is 14.8. The van der Waals surface area contributed by atoms with E-state index in [4.69, 9.17) is 10.5 Å². The molecule has 0 amide bonds. The number of nitrogens with zero attached hydrogens (tertiary/aromatic N) is 2. The van der Waals surface area contributed by atoms with Gasteiger partial charge >= 0.3 is 0 Å². The first kappa shape index (κ1) is 14.9. The minimum atomic E-state index is -0.770. The van der Waals surface area contributed by atoms with Crippen molar-refractivity contribution in [3.63, 3.8) is 0 Å². The number of hydrogen-bond acceptors (Lipinski definition) is 5. The smallest absolute Gasteiger partial charge is 0.239 e. The fourth-order valence-electron chi connectivity index (χ4n) is 2.04. The molecule has 2 rings (SSSR count). The molecule has 1 saturated carbocycles. The third-order valence-electron chi connectivity index (χ3n) is 3.31. The summed E-state index contributed by atoms with van der Waals surface area (Å²) in [5, 5.41) is 9.96. The number of ether oxygens (including phenoxy) is 1. The van der Waals surface area contributed by atoms with Crippen molar-refractivity contribution in [2.75, 3.05) is 30.3 Å². The molecule has 20 heavy (non-hydrogen) atoms. The minimum absolute atomic E-state index is 0.503. The van der Waals surface area contributed by atoms with E-state index in [1.165, 1.54) is 12.8 Å². The van der Waals surface area contributed by atoms with Crippen LogP contribution in [0.15, 0.2) is 12.1 Å². The van der Waals surface area contributed by atoms with Crippen molar-refractivity contribution >= 4 is 11.5 Å². The van der Waals surface area contributed by atoms with E-state index in [0.29, 0.717) is 30.6 Å². The minimum Gasteiger partial charge on any atom is -0.476 e. The summed E-state index contributed by atoms with van der Waals surface area (Å²) >= 11 is 0. The van der Waals surface area contributed by atoms with Crippen molar-refractivity contribution < 1.29 is 9.84 Å². The third-order valence-corrected chi connectivity index (χ3v) is 3.31. The molecule has 1 heterocycles. The highest BCUT2D eigenvalue weighted by atomic mass is 16.5. The van der Waals surface area contributed by atoms with E-state index in [1.807, 2.05) is 24.0 Å². The summed E-state index contributed by atoms with van der Waals surface area (Å²) in [7, 11) is 0. The van der Waals surface area contributed by atoms with Crippen LogP contribution in [0.1, 0.15) is 33.6 Å². The van der Waals surface area contributed by atoms with E-state index >= 15 is 0 Å². The number of likely N-dealkylation sites (N-methyl/N-ethyl adjacent to an activating group) is 1. The number of pyridine rings is 1. The van der Waals surface area contributed by atoms with Crippen LogP contribution in [-0.2, 0) is 0 Å². The van der Waals surface area contributed by atoms with Crippen LogP contribution in [0.2, 0.25) is 0 Å². The molecule has 1 aromatic rings. The second-order valence-electron chi connectivity index (χ2n) is 6.14. The number of rotatable bonds is 7. The normalized spacial score (nSPS) is 15.2. The third kappa shape index (κ3) is 4.27. The topological polar surface area (TPSA) is 71.6 Å². The monoisotopic (exact) mass is 279 g/mol. The second kappa shape index (κ2) is 5.87. The Morgan fingerprint density at radius 1 is 1.45 bits per heavy atom. The molecule has 0 aliphatic heterocycles. The molecule has 1 aliphatic rings. The highest BCUT2D eigenvalue weighted by Crippen LogP contribution is 2.31. The van der Waals surface area contributed by atoms with Gasteiger partial charge in [-0.25, -0.2) is 0 Å². The van der Waals surface area contributed by atoms with Crippen molar-refractivity contribution in [1.29, 1.82) is 0 Å². The summed E-state index contributed by atoms with van der Waals surface area (Å²) in [6.45, 7) is 7.59. The first-order valence-corrected chi connectivity index (χ1v) is 7.25. The second-order valence-corrected chi connectivity index (χ2v) is 6.14. The summed E-state index contributed by atoms with van der Waals surface area (Å²) < 4.78 is 5.70. The molecule has 3 N–H and O–H groups in total. The van der Waals surface area contributed by atoms with Crippen molar-refractivity contribution in [1.82, 2.24) is 4.98 Å². The molecule has 1 aromatic heterocycles. The Morgan fingerprint density at radius 2 is 2.15 bits per heavy atom. The molecule has 0 atom stereocenters. The Bertz CT molecular complexity index is 453. The Balaban J connectivity index is 2.10. The number of hydrogen-bond donors (Lipinski definition) is 2. The number of nitrogens with two attached hydrogens (primary N) is 1. The van der Waals surface area contributed by atoms with E-state index < -0.39 is 5.60 Å². The zero-order valence-electron chi connectivity index (χ0n) is 12.6. The van der Waals surface area contributed by atoms with Gasteiger partial charge in [-0.1, -0.05) is 0 Å². The maximum absolute atomic E-state index is 9.96. The molecule has 0 spiro atoms. The molecular weight excluding hydrogens is 254 g/mol. The first-order chi connectivity index (χ1) is 9.39. The lowest BCUT2D eigenvalue weighted by atomic mass is 10.1. The van der Waals surface area contributed by atoms with E-state index in [9.17, 15) is 5.11 Å². The Morgan fingerprint density at radius 3 is 2.70 bits per heavy atom. The van der Waals surface area contributed by atoms with Gasteiger partial charge in [-0.3, -0.25) is 0 Å². The maximum atomic E-state index is 9.96. The van der Waals surface area contributed by atoms with Crippen LogP contribution < -0.4 is 15.4 Å². The Hall–Kier alpha value is -1.49. The van der Waals surface area contributed by atoms with Crippen LogP contribution >= 0.6 is 0 Å². The standard InChI is InChI=1S/C15H25N3O2/c1-4-18(10-15(2,3)19)13-8-7-12(16)14(17-13)20-9-11-5-6-11/h7-8,11,19H,4-6,9-10,16H2,1-3H3. The average Bonchev–Trinajstić information content (AvgIpc) is 3.18. The summed E-state index contributed by atoms with van der Waals surface area (Å²) in [4.78, 5) is 6.51. The van der Waals surface area contributed by atoms with E-state index in [-0.39, 0.29) is 0 Å². The van der Waals surface area contributed by atoms with Crippen LogP contribution in [0.5, 0.6) is 5.88 Å². The van der Waals surface area contributed by atoms with Gasteiger partial charge in [-0.15, -0.1) is 0 Å². The number of nitrogen functional groups attached to an aromatic ring is 1. The van der Waals surface area contributed by atoms with Gasteiger partial charge in [0.2, 0.25) is 5.88 Å². The van der Waals surface area contributed by atoms with Crippen LogP contribution in [0, 0.1) is 5.92 Å². The molecule has 0 radical (unpaired) electrons. The highest BCUT2D eigenvalue weighted by Gasteiger charge is 2.23. The largest absolute Gasteiger partial charge is 0.476 e. The van der Waals surface area contributed by atoms with Crippen LogP contribution in [-0.4, -0.2) is 35.4 Å². The van der Waals surface area contributed by atoms with Gasteiger partial charge in [0.05, 0.1) is 17.9 Å². The molecule has 5 heteroatoms. The summed E-state index contributed by atoms with van der Waals surface area (Å²) in [6, 6.07) is 3.69. The summed E-state index contributed by atoms with van der Waals surface area (Å²) in [5.74, 6) is 1.96. The lowest BCUT2D eigenvalue weighted by Crippen LogP contribution is -2.39. The summed E-state index contributed by atoms with van der Waals surface area (Å²) in [5.41, 5.74) is 5.70. The zero-order valence-corrected chi connectivity index (χ0v) is 12.6. The fourth-order valence-corrected chi connectivity index (χ4v) is 2.04. The van der Waals surface area contributed by atoms with Crippen molar-refractivity contribution in [3.05, 3.63) is 12.1 Å². The van der Waals surface area contributed by atoms with Crippen LogP contribution in [0.3, 0.4) is 0 Å².